The second-order valence-electron chi connectivity index (χ2n) is 7.00. The lowest BCUT2D eigenvalue weighted by molar-refractivity contribution is 0.0601. The van der Waals surface area contributed by atoms with Crippen molar-refractivity contribution in [2.45, 2.75) is 6.92 Å². The van der Waals surface area contributed by atoms with Crippen LogP contribution in [-0.4, -0.2) is 18.9 Å². The van der Waals surface area contributed by atoms with Crippen LogP contribution in [0, 0.1) is 0 Å². The van der Waals surface area contributed by atoms with Crippen LogP contribution in [-0.2, 0) is 4.74 Å². The molecule has 148 valence electrons. The lowest BCUT2D eigenvalue weighted by atomic mass is 9.87. The number of carbonyl (C=O) groups excluding carboxylic acids is 2. The van der Waals surface area contributed by atoms with Gasteiger partial charge in [0, 0.05) is 16.1 Å². The minimum atomic E-state index is -0.517. The summed E-state index contributed by atoms with van der Waals surface area (Å²) in [6.07, 6.45) is 0. The molecule has 0 bridgehead atoms. The molecule has 4 heteroatoms. The fourth-order valence-electron chi connectivity index (χ4n) is 3.76. The zero-order valence-corrected chi connectivity index (χ0v) is 17.4. The van der Waals surface area contributed by atoms with Gasteiger partial charge >= 0.3 is 5.97 Å². The molecule has 0 atom stereocenters. The van der Waals surface area contributed by atoms with Crippen LogP contribution in [0.15, 0.2) is 78.9 Å². The number of hydrogen-bond acceptors (Lipinski definition) is 3. The standard InChI is InChI=1S/C26H19ClO3/c1-16(28)21-14-24(26(29)30-2)23(20-11-5-6-13-25(20)27)15-22(21)19-12-7-9-17-8-3-4-10-18(17)19/h3-15H,1-2H3. The summed E-state index contributed by atoms with van der Waals surface area (Å²) >= 11 is 6.46. The summed E-state index contributed by atoms with van der Waals surface area (Å²) in [6.45, 7) is 1.50. The Morgan fingerprint density at radius 1 is 0.733 bits per heavy atom. The van der Waals surface area contributed by atoms with Crippen molar-refractivity contribution in [1.82, 2.24) is 0 Å². The maximum atomic E-state index is 12.6. The SMILES string of the molecule is COC(=O)c1cc(C(C)=O)c(-c2cccc3ccccc23)cc1-c1ccccc1Cl. The second-order valence-corrected chi connectivity index (χ2v) is 7.40. The molecule has 4 aromatic carbocycles. The number of methoxy groups -OCH3 is 1. The highest BCUT2D eigenvalue weighted by molar-refractivity contribution is 6.33. The van der Waals surface area contributed by atoms with E-state index >= 15 is 0 Å². The van der Waals surface area contributed by atoms with Crippen LogP contribution in [0.5, 0.6) is 0 Å². The van der Waals surface area contributed by atoms with Gasteiger partial charge in [0.05, 0.1) is 12.7 Å². The number of benzene rings is 4. The quantitative estimate of drug-likeness (QED) is 0.272. The molecular formula is C26H19ClO3. The fraction of sp³-hybridized carbons (Fsp3) is 0.0769. The van der Waals surface area contributed by atoms with Crippen molar-refractivity contribution in [3.05, 3.63) is 95.0 Å². The lowest BCUT2D eigenvalue weighted by Crippen LogP contribution is -2.08. The maximum Gasteiger partial charge on any atom is 0.338 e. The van der Waals surface area contributed by atoms with Crippen LogP contribution in [0.25, 0.3) is 33.0 Å². The molecule has 0 radical (unpaired) electrons. The molecule has 0 spiro atoms. The molecule has 30 heavy (non-hydrogen) atoms. The molecule has 0 N–H and O–H groups in total. The van der Waals surface area contributed by atoms with Crippen LogP contribution in [0.2, 0.25) is 5.02 Å². The van der Waals surface area contributed by atoms with E-state index in [9.17, 15) is 9.59 Å². The van der Waals surface area contributed by atoms with Gasteiger partial charge in [0.15, 0.2) is 5.78 Å². The van der Waals surface area contributed by atoms with Crippen molar-refractivity contribution in [3.8, 4) is 22.3 Å². The Balaban J connectivity index is 2.11. The van der Waals surface area contributed by atoms with Crippen LogP contribution in [0.3, 0.4) is 0 Å². The molecule has 0 saturated carbocycles. The van der Waals surface area contributed by atoms with E-state index in [-0.39, 0.29) is 5.78 Å². The van der Waals surface area contributed by atoms with Crippen molar-refractivity contribution in [2.24, 2.45) is 0 Å². The second kappa shape index (κ2) is 8.13. The molecule has 0 saturated heterocycles. The Hall–Kier alpha value is -3.43. The predicted octanol–water partition coefficient (Wildman–Crippen LogP) is 6.82. The molecule has 4 aromatic rings. The summed E-state index contributed by atoms with van der Waals surface area (Å²) in [6, 6.07) is 24.8. The average molecular weight is 415 g/mol. The first-order valence-electron chi connectivity index (χ1n) is 9.51. The molecule has 4 rings (SSSR count). The number of hydrogen-bond donors (Lipinski definition) is 0. The van der Waals surface area contributed by atoms with E-state index in [2.05, 4.69) is 0 Å². The van der Waals surface area contributed by atoms with E-state index in [0.29, 0.717) is 27.3 Å². The van der Waals surface area contributed by atoms with Gasteiger partial charge in [0.1, 0.15) is 0 Å². The summed E-state index contributed by atoms with van der Waals surface area (Å²) in [5.41, 5.74) is 3.77. The van der Waals surface area contributed by atoms with E-state index in [1.807, 2.05) is 66.7 Å². The van der Waals surface area contributed by atoms with E-state index < -0.39 is 5.97 Å². The zero-order valence-electron chi connectivity index (χ0n) is 16.6. The first kappa shape index (κ1) is 19.9. The third-order valence-electron chi connectivity index (χ3n) is 5.19. The number of ether oxygens (including phenoxy) is 1. The van der Waals surface area contributed by atoms with Crippen molar-refractivity contribution in [1.29, 1.82) is 0 Å². The molecule has 0 amide bonds. The zero-order chi connectivity index (χ0) is 21.3. The topological polar surface area (TPSA) is 43.4 Å². The van der Waals surface area contributed by atoms with Gasteiger partial charge in [-0.25, -0.2) is 4.79 Å². The Labute approximate surface area is 179 Å². The van der Waals surface area contributed by atoms with Crippen LogP contribution in [0.1, 0.15) is 27.6 Å². The van der Waals surface area contributed by atoms with Crippen molar-refractivity contribution < 1.29 is 14.3 Å². The van der Waals surface area contributed by atoms with Gasteiger partial charge < -0.3 is 4.74 Å². The fourth-order valence-corrected chi connectivity index (χ4v) is 3.99. The predicted molar refractivity (Wildman–Crippen MR) is 121 cm³/mol. The largest absolute Gasteiger partial charge is 0.465 e. The number of ketones is 1. The van der Waals surface area contributed by atoms with Crippen molar-refractivity contribution in [3.63, 3.8) is 0 Å². The summed E-state index contributed by atoms with van der Waals surface area (Å²) in [5, 5.41) is 2.61. The van der Waals surface area contributed by atoms with Crippen molar-refractivity contribution >= 4 is 34.1 Å². The van der Waals surface area contributed by atoms with E-state index in [1.54, 1.807) is 12.1 Å². The Morgan fingerprint density at radius 2 is 1.37 bits per heavy atom. The molecule has 0 unspecified atom stereocenters. The van der Waals surface area contributed by atoms with Crippen LogP contribution in [0.4, 0.5) is 0 Å². The first-order valence-corrected chi connectivity index (χ1v) is 9.89. The third kappa shape index (κ3) is 3.49. The van der Waals surface area contributed by atoms with Gasteiger partial charge in [0.2, 0.25) is 0 Å². The Morgan fingerprint density at radius 3 is 2.10 bits per heavy atom. The average Bonchev–Trinajstić information content (AvgIpc) is 2.77. The Bertz CT molecular complexity index is 1290. The molecule has 0 aromatic heterocycles. The van der Waals surface area contributed by atoms with Crippen LogP contribution >= 0.6 is 11.6 Å². The van der Waals surface area contributed by atoms with Gasteiger partial charge in [-0.1, -0.05) is 72.3 Å². The Kier molecular flexibility index (Phi) is 5.39. The van der Waals surface area contributed by atoms with E-state index in [0.717, 1.165) is 21.9 Å². The van der Waals surface area contributed by atoms with E-state index in [4.69, 9.17) is 16.3 Å². The molecule has 0 heterocycles. The minimum Gasteiger partial charge on any atom is -0.465 e. The monoisotopic (exact) mass is 414 g/mol. The van der Waals surface area contributed by atoms with E-state index in [1.165, 1.54) is 14.0 Å². The molecule has 0 aliphatic rings. The molecule has 0 fully saturated rings. The number of Topliss-reactive ketones (excluding diaryl/α,β-unsaturated/α-hetero) is 1. The summed E-state index contributed by atoms with van der Waals surface area (Å²) < 4.78 is 5.00. The lowest BCUT2D eigenvalue weighted by Gasteiger charge is -2.17. The molecule has 3 nitrogen and oxygen atoms in total. The molecular weight excluding hydrogens is 396 g/mol. The summed E-state index contributed by atoms with van der Waals surface area (Å²) in [5.74, 6) is -0.648. The third-order valence-corrected chi connectivity index (χ3v) is 5.52. The highest BCUT2D eigenvalue weighted by atomic mass is 35.5. The van der Waals surface area contributed by atoms with Gasteiger partial charge in [-0.05, 0) is 52.6 Å². The summed E-state index contributed by atoms with van der Waals surface area (Å²) in [4.78, 5) is 25.2. The minimum absolute atomic E-state index is 0.131. The highest BCUT2D eigenvalue weighted by Gasteiger charge is 2.22. The van der Waals surface area contributed by atoms with Gasteiger partial charge in [-0.2, -0.15) is 0 Å². The first-order chi connectivity index (χ1) is 14.5. The highest BCUT2D eigenvalue weighted by Crippen LogP contribution is 2.38. The number of carbonyl (C=O) groups is 2. The smallest absolute Gasteiger partial charge is 0.338 e. The maximum absolute atomic E-state index is 12.6. The number of fused-ring (bicyclic) bond motifs is 1. The van der Waals surface area contributed by atoms with Gasteiger partial charge in [-0.3, -0.25) is 4.79 Å². The van der Waals surface area contributed by atoms with Gasteiger partial charge in [-0.15, -0.1) is 0 Å². The number of esters is 1. The molecule has 0 aliphatic heterocycles. The normalized spacial score (nSPS) is 10.8. The number of rotatable bonds is 4. The molecule has 0 aliphatic carbocycles. The van der Waals surface area contributed by atoms with Gasteiger partial charge in [0.25, 0.3) is 0 Å². The number of halogens is 1. The summed E-state index contributed by atoms with van der Waals surface area (Å²) in [7, 11) is 1.32. The van der Waals surface area contributed by atoms with Crippen LogP contribution < -0.4 is 0 Å². The van der Waals surface area contributed by atoms with Crippen molar-refractivity contribution in [2.75, 3.05) is 7.11 Å².